The van der Waals surface area contributed by atoms with Crippen LogP contribution in [0.2, 0.25) is 0 Å². The summed E-state index contributed by atoms with van der Waals surface area (Å²) in [7, 11) is 0. The first-order valence-electron chi connectivity index (χ1n) is 7.13. The lowest BCUT2D eigenvalue weighted by atomic mass is 9.95. The smallest absolute Gasteiger partial charge is 0.369 e. The number of benzene rings is 1. The number of nitrogens with two attached hydrogens (primary N) is 1. The molecular weight excluding hydrogens is 284 g/mol. The van der Waals surface area contributed by atoms with Crippen LogP contribution in [0.1, 0.15) is 25.3 Å². The Hall–Kier alpha value is -1.30. The maximum absolute atomic E-state index is 14.1. The van der Waals surface area contributed by atoms with Crippen LogP contribution in [0.25, 0.3) is 0 Å². The number of hydrogen-bond donors (Lipinski definition) is 1. The summed E-state index contributed by atoms with van der Waals surface area (Å²) in [6, 6.07) is 4.80. The van der Waals surface area contributed by atoms with E-state index in [1.54, 1.807) is 17.0 Å². The third-order valence-corrected chi connectivity index (χ3v) is 3.87. The number of piperidine rings is 1. The van der Waals surface area contributed by atoms with Crippen LogP contribution in [-0.2, 0) is 6.42 Å². The molecule has 1 fully saturated rings. The van der Waals surface area contributed by atoms with Crippen molar-refractivity contribution in [3.63, 3.8) is 0 Å². The van der Waals surface area contributed by atoms with Crippen molar-refractivity contribution in [3.8, 4) is 0 Å². The van der Waals surface area contributed by atoms with Crippen molar-refractivity contribution >= 4 is 5.69 Å². The Labute approximate surface area is 121 Å². The van der Waals surface area contributed by atoms with E-state index in [1.165, 1.54) is 6.07 Å². The molecule has 0 spiro atoms. The molecule has 21 heavy (non-hydrogen) atoms. The van der Waals surface area contributed by atoms with Gasteiger partial charge >= 0.3 is 6.18 Å². The van der Waals surface area contributed by atoms with Crippen molar-refractivity contribution in [2.75, 3.05) is 18.0 Å². The van der Waals surface area contributed by atoms with Crippen LogP contribution in [0.3, 0.4) is 0 Å². The molecule has 2 N–H and O–H groups in total. The summed E-state index contributed by atoms with van der Waals surface area (Å²) in [5.41, 5.74) is 6.85. The van der Waals surface area contributed by atoms with Gasteiger partial charge in [-0.1, -0.05) is 6.07 Å². The molecule has 1 aromatic carbocycles. The summed E-state index contributed by atoms with van der Waals surface area (Å²) in [6.07, 6.45) is -3.53. The van der Waals surface area contributed by atoms with Gasteiger partial charge in [-0.3, -0.25) is 0 Å². The fourth-order valence-electron chi connectivity index (χ4n) is 2.75. The third-order valence-electron chi connectivity index (χ3n) is 3.87. The van der Waals surface area contributed by atoms with E-state index in [0.717, 1.165) is 5.56 Å². The van der Waals surface area contributed by atoms with E-state index < -0.39 is 17.9 Å². The fourth-order valence-corrected chi connectivity index (χ4v) is 2.75. The first-order chi connectivity index (χ1) is 9.77. The van der Waals surface area contributed by atoms with Gasteiger partial charge in [0.05, 0.1) is 11.6 Å². The number of nitrogens with zero attached hydrogens (tertiary/aromatic N) is 1. The fraction of sp³-hybridized carbons (Fsp3) is 0.600. The molecule has 1 atom stereocenters. The normalized spacial score (nSPS) is 18.9. The van der Waals surface area contributed by atoms with E-state index in [2.05, 4.69) is 0 Å². The Morgan fingerprint density at radius 2 is 1.90 bits per heavy atom. The van der Waals surface area contributed by atoms with Gasteiger partial charge in [-0.05, 0) is 43.9 Å². The minimum absolute atomic E-state index is 0.0184. The SMILES string of the molecule is CC(N)Cc1ccc(N2CCC(C(F)(F)F)CC2)c(F)c1. The molecule has 1 unspecified atom stereocenters. The van der Waals surface area contributed by atoms with Crippen molar-refractivity contribution in [1.29, 1.82) is 0 Å². The number of alkyl halides is 3. The van der Waals surface area contributed by atoms with Gasteiger partial charge in [0, 0.05) is 19.1 Å². The largest absolute Gasteiger partial charge is 0.391 e. The van der Waals surface area contributed by atoms with Gasteiger partial charge < -0.3 is 10.6 Å². The number of halogens is 4. The summed E-state index contributed by atoms with van der Waals surface area (Å²) >= 11 is 0. The molecule has 0 aliphatic carbocycles. The van der Waals surface area contributed by atoms with Crippen LogP contribution in [0.5, 0.6) is 0 Å². The molecule has 0 radical (unpaired) electrons. The van der Waals surface area contributed by atoms with E-state index >= 15 is 0 Å². The van der Waals surface area contributed by atoms with Crippen LogP contribution in [-0.4, -0.2) is 25.3 Å². The maximum atomic E-state index is 14.1. The summed E-state index contributed by atoms with van der Waals surface area (Å²) in [6.45, 7) is 2.30. The molecule has 6 heteroatoms. The first-order valence-corrected chi connectivity index (χ1v) is 7.13. The lowest BCUT2D eigenvalue weighted by Crippen LogP contribution is -2.39. The molecular formula is C15H20F4N2. The monoisotopic (exact) mass is 304 g/mol. The third kappa shape index (κ3) is 4.09. The highest BCUT2D eigenvalue weighted by Gasteiger charge is 2.41. The molecule has 0 bridgehead atoms. The highest BCUT2D eigenvalue weighted by Crippen LogP contribution is 2.35. The molecule has 1 aliphatic heterocycles. The number of anilines is 1. The van der Waals surface area contributed by atoms with Gasteiger partial charge in [-0.15, -0.1) is 0 Å². The van der Waals surface area contributed by atoms with Crippen molar-refractivity contribution in [3.05, 3.63) is 29.6 Å². The van der Waals surface area contributed by atoms with Crippen LogP contribution < -0.4 is 10.6 Å². The lowest BCUT2D eigenvalue weighted by Gasteiger charge is -2.34. The maximum Gasteiger partial charge on any atom is 0.391 e. The number of hydrogen-bond acceptors (Lipinski definition) is 2. The average molecular weight is 304 g/mol. The summed E-state index contributed by atoms with van der Waals surface area (Å²) in [5.74, 6) is -1.66. The Morgan fingerprint density at radius 1 is 1.29 bits per heavy atom. The van der Waals surface area contributed by atoms with E-state index in [9.17, 15) is 17.6 Å². The molecule has 0 saturated carbocycles. The second-order valence-electron chi connectivity index (χ2n) is 5.77. The van der Waals surface area contributed by atoms with Crippen molar-refractivity contribution < 1.29 is 17.6 Å². The quantitative estimate of drug-likeness (QED) is 0.866. The lowest BCUT2D eigenvalue weighted by molar-refractivity contribution is -0.179. The topological polar surface area (TPSA) is 29.3 Å². The van der Waals surface area contributed by atoms with Crippen molar-refractivity contribution in [2.24, 2.45) is 11.7 Å². The second kappa shape index (κ2) is 6.22. The Balaban J connectivity index is 2.04. The average Bonchev–Trinajstić information content (AvgIpc) is 2.37. The van der Waals surface area contributed by atoms with E-state index in [0.29, 0.717) is 12.1 Å². The molecule has 0 aromatic heterocycles. The van der Waals surface area contributed by atoms with Crippen LogP contribution >= 0.6 is 0 Å². The van der Waals surface area contributed by atoms with E-state index in [-0.39, 0.29) is 32.0 Å². The standard InChI is InChI=1S/C15H20F4N2/c1-10(20)8-11-2-3-14(13(16)9-11)21-6-4-12(5-7-21)15(17,18)19/h2-3,9-10,12H,4-8,20H2,1H3. The van der Waals surface area contributed by atoms with Gasteiger partial charge in [0.15, 0.2) is 0 Å². The summed E-state index contributed by atoms with van der Waals surface area (Å²) in [5, 5.41) is 0. The van der Waals surface area contributed by atoms with Gasteiger partial charge in [0.25, 0.3) is 0 Å². The first kappa shape index (κ1) is 16.1. The Bertz CT molecular complexity index is 477. The minimum Gasteiger partial charge on any atom is -0.369 e. The van der Waals surface area contributed by atoms with Crippen molar-refractivity contribution in [2.45, 2.75) is 38.4 Å². The van der Waals surface area contributed by atoms with Crippen LogP contribution in [0.15, 0.2) is 18.2 Å². The van der Waals surface area contributed by atoms with Crippen molar-refractivity contribution in [1.82, 2.24) is 0 Å². The van der Waals surface area contributed by atoms with E-state index in [1.807, 2.05) is 6.92 Å². The highest BCUT2D eigenvalue weighted by atomic mass is 19.4. The minimum atomic E-state index is -4.15. The van der Waals surface area contributed by atoms with Crippen LogP contribution in [0, 0.1) is 11.7 Å². The van der Waals surface area contributed by atoms with Gasteiger partial charge in [-0.25, -0.2) is 4.39 Å². The molecule has 118 valence electrons. The molecule has 1 heterocycles. The highest BCUT2D eigenvalue weighted by molar-refractivity contribution is 5.49. The second-order valence-corrected chi connectivity index (χ2v) is 5.77. The Kier molecular flexibility index (Phi) is 4.76. The zero-order chi connectivity index (χ0) is 15.6. The van der Waals surface area contributed by atoms with Gasteiger partial charge in [-0.2, -0.15) is 13.2 Å². The predicted octanol–water partition coefficient (Wildman–Crippen LogP) is 3.49. The van der Waals surface area contributed by atoms with Gasteiger partial charge in [0.2, 0.25) is 0 Å². The molecule has 1 aliphatic rings. The molecule has 0 amide bonds. The molecule has 1 saturated heterocycles. The van der Waals surface area contributed by atoms with Crippen LogP contribution in [0.4, 0.5) is 23.2 Å². The van der Waals surface area contributed by atoms with Gasteiger partial charge in [0.1, 0.15) is 5.82 Å². The van der Waals surface area contributed by atoms with E-state index in [4.69, 9.17) is 5.73 Å². The predicted molar refractivity (Wildman–Crippen MR) is 74.7 cm³/mol. The zero-order valence-electron chi connectivity index (χ0n) is 12.0. The molecule has 2 nitrogen and oxygen atoms in total. The summed E-state index contributed by atoms with van der Waals surface area (Å²) in [4.78, 5) is 1.69. The zero-order valence-corrected chi connectivity index (χ0v) is 12.0. The Morgan fingerprint density at radius 3 is 2.38 bits per heavy atom. The summed E-state index contributed by atoms with van der Waals surface area (Å²) < 4.78 is 52.0. The molecule has 2 rings (SSSR count). The number of rotatable bonds is 3. The molecule has 1 aromatic rings.